The highest BCUT2D eigenvalue weighted by Gasteiger charge is 2.62. The number of fused-ring (bicyclic) bond motifs is 4. The lowest BCUT2D eigenvalue weighted by molar-refractivity contribution is -0.168. The first-order valence-corrected chi connectivity index (χ1v) is 11.1. The van der Waals surface area contributed by atoms with E-state index in [2.05, 4.69) is 22.2 Å². The average Bonchev–Trinajstić information content (AvgIpc) is 3.53. The Bertz CT molecular complexity index is 1520. The van der Waals surface area contributed by atoms with Crippen molar-refractivity contribution < 1.29 is 17.6 Å². The summed E-state index contributed by atoms with van der Waals surface area (Å²) in [6.07, 6.45) is -2.78. The molecule has 6 rings (SSSR count). The Morgan fingerprint density at radius 3 is 2.68 bits per heavy atom. The number of pyridine rings is 1. The van der Waals surface area contributed by atoms with E-state index in [4.69, 9.17) is 4.98 Å². The molecule has 1 aliphatic heterocycles. The van der Waals surface area contributed by atoms with Crippen molar-refractivity contribution in [3.63, 3.8) is 0 Å². The van der Waals surface area contributed by atoms with Crippen molar-refractivity contribution in [3.8, 4) is 11.8 Å². The molecular formula is C25H19F4N5. The highest BCUT2D eigenvalue weighted by atomic mass is 19.4. The fraction of sp³-hybridized carbons (Fsp3) is 0.320. The first kappa shape index (κ1) is 20.9. The third kappa shape index (κ3) is 3.12. The molecule has 1 aliphatic carbocycles. The van der Waals surface area contributed by atoms with Gasteiger partial charge in [-0.1, -0.05) is 23.1 Å². The van der Waals surface area contributed by atoms with Crippen LogP contribution < -0.4 is 4.90 Å². The zero-order valence-electron chi connectivity index (χ0n) is 18.2. The summed E-state index contributed by atoms with van der Waals surface area (Å²) in [5, 5.41) is 9.62. The first-order chi connectivity index (χ1) is 16.3. The third-order valence-electron chi connectivity index (χ3n) is 6.73. The Kier molecular flexibility index (Phi) is 4.40. The number of rotatable bonds is 1. The Morgan fingerprint density at radius 1 is 1.09 bits per heavy atom. The lowest BCUT2D eigenvalue weighted by Gasteiger charge is -2.32. The SMILES string of the molecule is Cn1nnc2nc(N3CCCc4c(C#CC5(C(F)(F)F)CC5)cccc43)c3cc(F)ccc3c21. The predicted octanol–water partition coefficient (Wildman–Crippen LogP) is 5.43. The van der Waals surface area contributed by atoms with Crippen molar-refractivity contribution in [2.24, 2.45) is 12.5 Å². The van der Waals surface area contributed by atoms with E-state index in [0.29, 0.717) is 40.9 Å². The summed E-state index contributed by atoms with van der Waals surface area (Å²) < 4.78 is 56.0. The number of nitrogens with zero attached hydrogens (tertiary/aromatic N) is 5. The fourth-order valence-electron chi connectivity index (χ4n) is 4.74. The zero-order valence-corrected chi connectivity index (χ0v) is 18.2. The molecule has 2 aliphatic rings. The highest BCUT2D eigenvalue weighted by Crippen LogP contribution is 2.57. The number of alkyl halides is 3. The lowest BCUT2D eigenvalue weighted by Crippen LogP contribution is -2.26. The first-order valence-electron chi connectivity index (χ1n) is 11.1. The van der Waals surface area contributed by atoms with Gasteiger partial charge in [0.25, 0.3) is 0 Å². The normalized spacial score (nSPS) is 16.9. The van der Waals surface area contributed by atoms with Crippen LogP contribution in [0.25, 0.3) is 21.9 Å². The molecule has 2 aromatic carbocycles. The Balaban J connectivity index is 1.51. The minimum atomic E-state index is -4.32. The topological polar surface area (TPSA) is 46.8 Å². The van der Waals surface area contributed by atoms with E-state index >= 15 is 0 Å². The molecule has 4 aromatic rings. The number of hydrogen-bond acceptors (Lipinski definition) is 4. The molecule has 5 nitrogen and oxygen atoms in total. The number of aromatic nitrogens is 4. The van der Waals surface area contributed by atoms with Crippen LogP contribution in [0.3, 0.4) is 0 Å². The van der Waals surface area contributed by atoms with Crippen LogP contribution in [0.5, 0.6) is 0 Å². The van der Waals surface area contributed by atoms with Gasteiger partial charge >= 0.3 is 6.18 Å². The molecule has 0 spiro atoms. The number of halogens is 4. The molecule has 0 atom stereocenters. The van der Waals surface area contributed by atoms with Crippen LogP contribution in [-0.4, -0.2) is 32.7 Å². The van der Waals surface area contributed by atoms with Gasteiger partial charge in [0.1, 0.15) is 22.6 Å². The van der Waals surface area contributed by atoms with E-state index < -0.39 is 11.6 Å². The van der Waals surface area contributed by atoms with Crippen LogP contribution in [0, 0.1) is 23.1 Å². The van der Waals surface area contributed by atoms with Gasteiger partial charge in [-0.2, -0.15) is 13.2 Å². The maximum Gasteiger partial charge on any atom is 0.405 e. The second-order valence-electron chi connectivity index (χ2n) is 8.90. The molecule has 172 valence electrons. The summed E-state index contributed by atoms with van der Waals surface area (Å²) in [5.74, 6) is 5.50. The highest BCUT2D eigenvalue weighted by molar-refractivity contribution is 6.08. The van der Waals surface area contributed by atoms with Crippen LogP contribution in [0.15, 0.2) is 36.4 Å². The van der Waals surface area contributed by atoms with Crippen molar-refractivity contribution >= 4 is 33.4 Å². The van der Waals surface area contributed by atoms with Gasteiger partial charge in [-0.15, -0.1) is 5.10 Å². The van der Waals surface area contributed by atoms with Crippen LogP contribution in [0.4, 0.5) is 29.1 Å². The van der Waals surface area contributed by atoms with Crippen molar-refractivity contribution in [1.82, 2.24) is 20.0 Å². The summed E-state index contributed by atoms with van der Waals surface area (Å²) >= 11 is 0. The molecule has 0 N–H and O–H groups in total. The molecule has 34 heavy (non-hydrogen) atoms. The Hall–Kier alpha value is -3.67. The predicted molar refractivity (Wildman–Crippen MR) is 120 cm³/mol. The van der Waals surface area contributed by atoms with Crippen molar-refractivity contribution in [2.45, 2.75) is 31.9 Å². The second kappa shape index (κ2) is 7.16. The monoisotopic (exact) mass is 465 g/mol. The standard InChI is InChI=1S/C25H19F4N5/c1-33-21-18-8-7-16(26)14-19(18)23(30-22(21)31-32-33)34-13-3-5-17-15(4-2-6-20(17)34)9-10-24(11-12-24)25(27,28)29/h2,4,6-8,14H,3,5,11-13H2,1H3. The van der Waals surface area contributed by atoms with Crippen molar-refractivity contribution in [3.05, 3.63) is 53.3 Å². The molecule has 0 amide bonds. The molecular weight excluding hydrogens is 446 g/mol. The van der Waals surface area contributed by atoms with Crippen molar-refractivity contribution in [2.75, 3.05) is 11.4 Å². The van der Waals surface area contributed by atoms with Gasteiger partial charge in [-0.05, 0) is 61.6 Å². The summed E-state index contributed by atoms with van der Waals surface area (Å²) in [6.45, 7) is 0.626. The average molecular weight is 465 g/mol. The van der Waals surface area contributed by atoms with Crippen LogP contribution in [-0.2, 0) is 13.5 Å². The number of anilines is 2. The molecule has 0 bridgehead atoms. The zero-order chi connectivity index (χ0) is 23.7. The molecule has 1 fully saturated rings. The molecule has 0 saturated heterocycles. The van der Waals surface area contributed by atoms with Crippen LogP contribution in [0.2, 0.25) is 0 Å². The Morgan fingerprint density at radius 2 is 1.91 bits per heavy atom. The molecule has 9 heteroatoms. The summed E-state index contributed by atoms with van der Waals surface area (Å²) in [5.41, 5.74) is 1.56. The minimum Gasteiger partial charge on any atom is -0.325 e. The van der Waals surface area contributed by atoms with E-state index in [0.717, 1.165) is 23.1 Å². The smallest absolute Gasteiger partial charge is 0.325 e. The maximum absolute atomic E-state index is 14.3. The van der Waals surface area contributed by atoms with Gasteiger partial charge < -0.3 is 4.90 Å². The molecule has 0 radical (unpaired) electrons. The van der Waals surface area contributed by atoms with Crippen LogP contribution >= 0.6 is 0 Å². The van der Waals surface area contributed by atoms with Crippen molar-refractivity contribution in [1.29, 1.82) is 0 Å². The van der Waals surface area contributed by atoms with E-state index in [1.54, 1.807) is 29.9 Å². The quantitative estimate of drug-likeness (QED) is 0.278. The number of benzene rings is 2. The summed E-state index contributed by atoms with van der Waals surface area (Å²) in [7, 11) is 1.76. The maximum atomic E-state index is 14.3. The van der Waals surface area contributed by atoms with Gasteiger partial charge in [0.2, 0.25) is 5.65 Å². The Labute approximate surface area is 192 Å². The number of hydrogen-bond donors (Lipinski definition) is 0. The lowest BCUT2D eigenvalue weighted by atomic mass is 9.95. The summed E-state index contributed by atoms with van der Waals surface area (Å²) in [6, 6.07) is 9.99. The fourth-order valence-corrected chi connectivity index (χ4v) is 4.74. The molecule has 2 aromatic heterocycles. The summed E-state index contributed by atoms with van der Waals surface area (Å²) in [4.78, 5) is 6.71. The van der Waals surface area contributed by atoms with Gasteiger partial charge in [-0.3, -0.25) is 0 Å². The van der Waals surface area contributed by atoms with Crippen LogP contribution in [0.1, 0.15) is 30.4 Å². The number of aryl methyl sites for hydroxylation is 1. The second-order valence-corrected chi connectivity index (χ2v) is 8.90. The van der Waals surface area contributed by atoms with E-state index in [-0.39, 0.29) is 18.7 Å². The van der Waals surface area contributed by atoms with E-state index in [1.165, 1.54) is 12.1 Å². The molecule has 1 saturated carbocycles. The van der Waals surface area contributed by atoms with E-state index in [9.17, 15) is 17.6 Å². The molecule has 3 heterocycles. The largest absolute Gasteiger partial charge is 0.405 e. The third-order valence-corrected chi connectivity index (χ3v) is 6.73. The van der Waals surface area contributed by atoms with Gasteiger partial charge in [0.05, 0.1) is 0 Å². The molecule has 0 unspecified atom stereocenters. The van der Waals surface area contributed by atoms with Gasteiger partial charge in [0, 0.05) is 35.6 Å². The van der Waals surface area contributed by atoms with E-state index in [1.807, 2.05) is 11.0 Å². The van der Waals surface area contributed by atoms with Gasteiger partial charge in [-0.25, -0.2) is 14.1 Å². The minimum absolute atomic E-state index is 0.0459. The van der Waals surface area contributed by atoms with Gasteiger partial charge in [0.15, 0.2) is 0 Å².